The maximum atomic E-state index is 12.8. The van der Waals surface area contributed by atoms with Gasteiger partial charge in [0.25, 0.3) is 0 Å². The molecule has 0 aromatic heterocycles. The van der Waals surface area contributed by atoms with Crippen molar-refractivity contribution in [1.82, 2.24) is 4.90 Å². The second-order valence-electron chi connectivity index (χ2n) is 8.57. The molecular formula is C25H29NO3. The van der Waals surface area contributed by atoms with E-state index in [0.29, 0.717) is 29.7 Å². The molecule has 4 nitrogen and oxygen atoms in total. The Bertz CT molecular complexity index is 883. The molecule has 2 aromatic rings. The number of likely N-dealkylation sites (tertiary alicyclic amines) is 1. The van der Waals surface area contributed by atoms with Crippen molar-refractivity contribution >= 4 is 11.9 Å². The van der Waals surface area contributed by atoms with Crippen molar-refractivity contribution in [3.8, 4) is 0 Å². The average molecular weight is 392 g/mol. The Hall–Kier alpha value is -2.62. The van der Waals surface area contributed by atoms with Crippen LogP contribution in [0.1, 0.15) is 52.7 Å². The zero-order chi connectivity index (χ0) is 20.2. The molecule has 1 amide bonds. The first-order valence-corrected chi connectivity index (χ1v) is 10.8. The van der Waals surface area contributed by atoms with Crippen LogP contribution in [0.4, 0.5) is 0 Å². The van der Waals surface area contributed by atoms with Crippen LogP contribution in [0.2, 0.25) is 0 Å². The van der Waals surface area contributed by atoms with Gasteiger partial charge in [0, 0.05) is 19.5 Å². The van der Waals surface area contributed by atoms with E-state index in [2.05, 4.69) is 24.3 Å². The summed E-state index contributed by atoms with van der Waals surface area (Å²) in [6, 6.07) is 15.9. The van der Waals surface area contributed by atoms with Gasteiger partial charge in [-0.3, -0.25) is 4.79 Å². The molecule has 4 heteroatoms. The highest BCUT2D eigenvalue weighted by Gasteiger charge is 2.27. The lowest BCUT2D eigenvalue weighted by atomic mass is 9.82. The van der Waals surface area contributed by atoms with Crippen molar-refractivity contribution in [2.75, 3.05) is 13.1 Å². The number of benzene rings is 2. The van der Waals surface area contributed by atoms with Gasteiger partial charge in [-0.1, -0.05) is 42.5 Å². The van der Waals surface area contributed by atoms with E-state index in [1.807, 2.05) is 17.0 Å². The minimum absolute atomic E-state index is 0.291. The molecule has 1 fully saturated rings. The first-order valence-electron chi connectivity index (χ1n) is 10.8. The van der Waals surface area contributed by atoms with Crippen LogP contribution in [-0.2, 0) is 24.1 Å². The fourth-order valence-electron chi connectivity index (χ4n) is 4.93. The van der Waals surface area contributed by atoms with Gasteiger partial charge in [0.1, 0.15) is 0 Å². The molecule has 2 aromatic carbocycles. The summed E-state index contributed by atoms with van der Waals surface area (Å²) in [5.41, 5.74) is 4.17. The van der Waals surface area contributed by atoms with Crippen LogP contribution >= 0.6 is 0 Å². The van der Waals surface area contributed by atoms with Gasteiger partial charge in [0.15, 0.2) is 0 Å². The molecule has 0 radical (unpaired) electrons. The molecule has 152 valence electrons. The van der Waals surface area contributed by atoms with E-state index in [1.165, 1.54) is 11.1 Å². The zero-order valence-corrected chi connectivity index (χ0v) is 16.8. The topological polar surface area (TPSA) is 57.6 Å². The number of carboxylic acid groups (broad SMARTS) is 1. The van der Waals surface area contributed by atoms with Crippen LogP contribution in [-0.4, -0.2) is 35.0 Å². The average Bonchev–Trinajstić information content (AvgIpc) is 2.74. The van der Waals surface area contributed by atoms with E-state index in [9.17, 15) is 14.7 Å². The Morgan fingerprint density at radius 3 is 2.34 bits per heavy atom. The van der Waals surface area contributed by atoms with Crippen molar-refractivity contribution in [1.29, 1.82) is 0 Å². The Balaban J connectivity index is 1.28. The number of fused-ring (bicyclic) bond motifs is 1. The molecule has 0 bridgehead atoms. The molecule has 1 atom stereocenters. The third-order valence-corrected chi connectivity index (χ3v) is 6.64. The van der Waals surface area contributed by atoms with Crippen LogP contribution < -0.4 is 0 Å². The lowest BCUT2D eigenvalue weighted by molar-refractivity contribution is -0.133. The maximum Gasteiger partial charge on any atom is 0.335 e. The number of carbonyl (C=O) groups is 2. The lowest BCUT2D eigenvalue weighted by Crippen LogP contribution is -2.40. The zero-order valence-electron chi connectivity index (χ0n) is 16.8. The number of hydrogen-bond donors (Lipinski definition) is 1. The first kappa shape index (κ1) is 19.7. The number of aromatic carboxylic acids is 1. The normalized spacial score (nSPS) is 19.6. The predicted octanol–water partition coefficient (Wildman–Crippen LogP) is 4.36. The van der Waals surface area contributed by atoms with E-state index < -0.39 is 5.97 Å². The van der Waals surface area contributed by atoms with E-state index in [4.69, 9.17) is 0 Å². The van der Waals surface area contributed by atoms with Crippen molar-refractivity contribution < 1.29 is 14.7 Å². The van der Waals surface area contributed by atoms with Gasteiger partial charge in [-0.25, -0.2) is 4.79 Å². The fraction of sp³-hybridized carbons (Fsp3) is 0.440. The Morgan fingerprint density at radius 1 is 0.897 bits per heavy atom. The first-order chi connectivity index (χ1) is 14.1. The summed E-state index contributed by atoms with van der Waals surface area (Å²) >= 11 is 0. The second kappa shape index (κ2) is 8.81. The van der Waals surface area contributed by atoms with E-state index >= 15 is 0 Å². The Labute approximate surface area is 172 Å². The van der Waals surface area contributed by atoms with Crippen molar-refractivity contribution in [3.63, 3.8) is 0 Å². The molecular weight excluding hydrogens is 362 g/mol. The van der Waals surface area contributed by atoms with Gasteiger partial charge in [-0.2, -0.15) is 0 Å². The summed E-state index contributed by atoms with van der Waals surface area (Å²) in [4.78, 5) is 26.3. The smallest absolute Gasteiger partial charge is 0.335 e. The quantitative estimate of drug-likeness (QED) is 0.824. The molecule has 1 heterocycles. The van der Waals surface area contributed by atoms with E-state index in [0.717, 1.165) is 57.2 Å². The fourth-order valence-corrected chi connectivity index (χ4v) is 4.93. The molecule has 29 heavy (non-hydrogen) atoms. The minimum Gasteiger partial charge on any atom is -0.478 e. The van der Waals surface area contributed by atoms with Gasteiger partial charge < -0.3 is 10.0 Å². The number of nitrogens with zero attached hydrogens (tertiary/aromatic N) is 1. The van der Waals surface area contributed by atoms with Gasteiger partial charge >= 0.3 is 5.97 Å². The van der Waals surface area contributed by atoms with Crippen LogP contribution in [0, 0.1) is 11.8 Å². The van der Waals surface area contributed by atoms with Crippen LogP contribution in [0.25, 0.3) is 0 Å². The second-order valence-corrected chi connectivity index (χ2v) is 8.57. The molecule has 2 aliphatic rings. The monoisotopic (exact) mass is 391 g/mol. The van der Waals surface area contributed by atoms with Gasteiger partial charge in [-0.15, -0.1) is 0 Å². The standard InChI is InChI=1S/C25H29NO3/c27-24(17-19-9-10-20-5-1-2-6-21(20)16-19)26-13-11-18(12-14-26)15-22-7-3-4-8-23(22)25(28)29/h1-8,18-19H,9-17H2,(H,28,29). The summed E-state index contributed by atoms with van der Waals surface area (Å²) in [6.07, 6.45) is 6.54. The van der Waals surface area contributed by atoms with Crippen molar-refractivity contribution in [2.45, 2.75) is 44.9 Å². The number of carboxylic acids is 1. The van der Waals surface area contributed by atoms with Gasteiger partial charge in [0.2, 0.25) is 5.91 Å². The highest BCUT2D eigenvalue weighted by atomic mass is 16.4. The third-order valence-electron chi connectivity index (χ3n) is 6.64. The molecule has 0 saturated carbocycles. The summed E-state index contributed by atoms with van der Waals surface area (Å²) in [7, 11) is 0. The SMILES string of the molecule is O=C(O)c1ccccc1CC1CCN(C(=O)CC2CCc3ccccc3C2)CC1. The molecule has 1 saturated heterocycles. The summed E-state index contributed by atoms with van der Waals surface area (Å²) in [5, 5.41) is 9.37. The highest BCUT2D eigenvalue weighted by molar-refractivity contribution is 5.89. The highest BCUT2D eigenvalue weighted by Crippen LogP contribution is 2.29. The lowest BCUT2D eigenvalue weighted by Gasteiger charge is -2.34. The third kappa shape index (κ3) is 4.69. The molecule has 1 N–H and O–H groups in total. The van der Waals surface area contributed by atoms with Crippen LogP contribution in [0.3, 0.4) is 0 Å². The number of rotatable bonds is 5. The van der Waals surface area contributed by atoms with Crippen LogP contribution in [0.15, 0.2) is 48.5 Å². The Kier molecular flexibility index (Phi) is 5.98. The van der Waals surface area contributed by atoms with E-state index in [-0.39, 0.29) is 0 Å². The number of carbonyl (C=O) groups excluding carboxylic acids is 1. The number of amides is 1. The maximum absolute atomic E-state index is 12.8. The Morgan fingerprint density at radius 2 is 1.59 bits per heavy atom. The molecule has 4 rings (SSSR count). The summed E-state index contributed by atoms with van der Waals surface area (Å²) in [6.45, 7) is 1.59. The van der Waals surface area contributed by atoms with Crippen molar-refractivity contribution in [3.05, 3.63) is 70.8 Å². The van der Waals surface area contributed by atoms with Gasteiger partial charge in [-0.05, 0) is 73.1 Å². The predicted molar refractivity (Wildman–Crippen MR) is 113 cm³/mol. The molecule has 1 unspecified atom stereocenters. The molecule has 1 aliphatic heterocycles. The van der Waals surface area contributed by atoms with Crippen LogP contribution in [0.5, 0.6) is 0 Å². The summed E-state index contributed by atoms with van der Waals surface area (Å²) < 4.78 is 0. The number of aryl methyl sites for hydroxylation is 1. The molecule has 0 spiro atoms. The van der Waals surface area contributed by atoms with Gasteiger partial charge in [0.05, 0.1) is 5.56 Å². The number of piperidine rings is 1. The van der Waals surface area contributed by atoms with Crippen molar-refractivity contribution in [2.24, 2.45) is 11.8 Å². The largest absolute Gasteiger partial charge is 0.478 e. The minimum atomic E-state index is -0.859. The van der Waals surface area contributed by atoms with E-state index in [1.54, 1.807) is 12.1 Å². The molecule has 1 aliphatic carbocycles. The summed E-state index contributed by atoms with van der Waals surface area (Å²) in [5.74, 6) is 0.333. The number of hydrogen-bond acceptors (Lipinski definition) is 2.